The van der Waals surface area contributed by atoms with E-state index in [1.807, 2.05) is 0 Å². The van der Waals surface area contributed by atoms with E-state index in [2.05, 4.69) is 19.1 Å². The summed E-state index contributed by atoms with van der Waals surface area (Å²) in [6.07, 6.45) is 15.6. The minimum Gasteiger partial charge on any atom is -0.481 e. The molecule has 0 aromatic heterocycles. The first-order valence-corrected chi connectivity index (χ1v) is 10.1. The molecule has 0 aromatic rings. The summed E-state index contributed by atoms with van der Waals surface area (Å²) in [5.74, 6) is -0.407. The number of rotatable bonds is 14. The fourth-order valence-corrected chi connectivity index (χ4v) is 3.77. The van der Waals surface area contributed by atoms with E-state index < -0.39 is 12.1 Å². The van der Waals surface area contributed by atoms with Crippen molar-refractivity contribution in [2.45, 2.75) is 96.5 Å². The van der Waals surface area contributed by atoms with Crippen molar-refractivity contribution < 1.29 is 19.8 Å². The molecule has 0 unspecified atom stereocenters. The monoisotopic (exact) mass is 352 g/mol. The lowest BCUT2D eigenvalue weighted by Gasteiger charge is -2.19. The van der Waals surface area contributed by atoms with Gasteiger partial charge in [0.2, 0.25) is 0 Å². The van der Waals surface area contributed by atoms with Crippen LogP contribution in [0.15, 0.2) is 12.2 Å². The Labute approximate surface area is 152 Å². The zero-order chi connectivity index (χ0) is 18.5. The molecule has 0 saturated heterocycles. The summed E-state index contributed by atoms with van der Waals surface area (Å²) in [7, 11) is 0. The molecule has 1 saturated carbocycles. The molecule has 0 spiro atoms. The van der Waals surface area contributed by atoms with Crippen LogP contribution in [0.2, 0.25) is 0 Å². The van der Waals surface area contributed by atoms with Gasteiger partial charge in [0, 0.05) is 18.8 Å². The van der Waals surface area contributed by atoms with E-state index in [9.17, 15) is 14.7 Å². The van der Waals surface area contributed by atoms with Crippen LogP contribution in [0, 0.1) is 11.8 Å². The molecule has 1 aliphatic carbocycles. The van der Waals surface area contributed by atoms with Crippen LogP contribution in [-0.4, -0.2) is 28.1 Å². The number of carbonyl (C=O) groups is 2. The van der Waals surface area contributed by atoms with Crippen LogP contribution in [0.25, 0.3) is 0 Å². The number of Topliss-reactive ketones (excluding diaryl/α,β-unsaturated/α-hetero) is 1. The number of hydrogen-bond donors (Lipinski definition) is 2. The maximum atomic E-state index is 12.2. The molecular weight excluding hydrogens is 316 g/mol. The zero-order valence-corrected chi connectivity index (χ0v) is 15.8. The van der Waals surface area contributed by atoms with Crippen molar-refractivity contribution in [3.8, 4) is 0 Å². The maximum Gasteiger partial charge on any atom is 0.303 e. The van der Waals surface area contributed by atoms with E-state index in [1.165, 1.54) is 19.3 Å². The van der Waals surface area contributed by atoms with E-state index >= 15 is 0 Å². The van der Waals surface area contributed by atoms with Crippen molar-refractivity contribution in [2.75, 3.05) is 0 Å². The van der Waals surface area contributed by atoms with Gasteiger partial charge in [0.15, 0.2) is 0 Å². The number of carboxylic acids is 1. The van der Waals surface area contributed by atoms with Crippen LogP contribution in [0.5, 0.6) is 0 Å². The highest BCUT2D eigenvalue weighted by Crippen LogP contribution is 2.35. The second-order valence-corrected chi connectivity index (χ2v) is 7.41. The molecule has 1 rings (SSSR count). The zero-order valence-electron chi connectivity index (χ0n) is 15.8. The van der Waals surface area contributed by atoms with Gasteiger partial charge < -0.3 is 10.2 Å². The summed E-state index contributed by atoms with van der Waals surface area (Å²) >= 11 is 0. The van der Waals surface area contributed by atoms with Crippen molar-refractivity contribution in [1.29, 1.82) is 0 Å². The highest BCUT2D eigenvalue weighted by Gasteiger charge is 2.39. The Bertz CT molecular complexity index is 416. The first-order chi connectivity index (χ1) is 12.1. The number of aliphatic hydroxyl groups is 1. The summed E-state index contributed by atoms with van der Waals surface area (Å²) in [6.45, 7) is 2.20. The Kier molecular flexibility index (Phi) is 11.5. The first kappa shape index (κ1) is 21.9. The van der Waals surface area contributed by atoms with Crippen LogP contribution in [0.1, 0.15) is 90.4 Å². The summed E-state index contributed by atoms with van der Waals surface area (Å²) in [6, 6.07) is 0. The second kappa shape index (κ2) is 13.1. The lowest BCUT2D eigenvalue weighted by Crippen LogP contribution is -2.20. The van der Waals surface area contributed by atoms with E-state index in [1.54, 1.807) is 0 Å². The Balaban J connectivity index is 2.24. The minimum atomic E-state index is -0.726. The number of carbonyl (C=O) groups excluding carboxylic acids is 1. The standard InChI is InChI=1S/C21H36O4/c1-2-3-4-5-7-10-13-17-18(20(23)16-19(17)22)14-11-8-6-9-12-15-21(24)25/h7,10,17-19,22H,2-6,8-9,11-16H2,1H3,(H,24,25)/b10-7+/t17-,18-,19-/m1/s1. The first-order valence-electron chi connectivity index (χ1n) is 10.1. The number of hydrogen-bond acceptors (Lipinski definition) is 3. The molecule has 0 aliphatic heterocycles. The van der Waals surface area contributed by atoms with Crippen molar-refractivity contribution in [3.05, 3.63) is 12.2 Å². The van der Waals surface area contributed by atoms with Crippen LogP contribution in [-0.2, 0) is 9.59 Å². The third kappa shape index (κ3) is 9.20. The highest BCUT2D eigenvalue weighted by atomic mass is 16.4. The second-order valence-electron chi connectivity index (χ2n) is 7.41. The fourth-order valence-electron chi connectivity index (χ4n) is 3.77. The van der Waals surface area contributed by atoms with E-state index in [0.717, 1.165) is 51.4 Å². The minimum absolute atomic E-state index is 0.00862. The molecule has 3 atom stereocenters. The normalized spacial score (nSPS) is 23.6. The van der Waals surface area contributed by atoms with E-state index in [0.29, 0.717) is 6.42 Å². The van der Waals surface area contributed by atoms with Gasteiger partial charge in [-0.25, -0.2) is 0 Å². The van der Waals surface area contributed by atoms with Crippen LogP contribution >= 0.6 is 0 Å². The maximum absolute atomic E-state index is 12.2. The Morgan fingerprint density at radius 3 is 2.52 bits per heavy atom. The van der Waals surface area contributed by atoms with Gasteiger partial charge in [0.05, 0.1) is 6.10 Å². The van der Waals surface area contributed by atoms with Gasteiger partial charge in [-0.05, 0) is 38.0 Å². The molecule has 0 aromatic carbocycles. The topological polar surface area (TPSA) is 74.6 Å². The number of aliphatic hydroxyl groups excluding tert-OH is 1. The molecular formula is C21H36O4. The fraction of sp³-hybridized carbons (Fsp3) is 0.810. The number of unbranched alkanes of at least 4 members (excludes halogenated alkanes) is 7. The SMILES string of the molecule is CCCCC/C=C/C[C@H]1[C@H](O)CC(=O)[C@@H]1CCCCCCCC(=O)O. The van der Waals surface area contributed by atoms with Crippen molar-refractivity contribution >= 4 is 11.8 Å². The number of aliphatic carboxylic acids is 1. The summed E-state index contributed by atoms with van der Waals surface area (Å²) in [5, 5.41) is 18.8. The average molecular weight is 353 g/mol. The molecule has 0 radical (unpaired) electrons. The molecule has 4 nitrogen and oxygen atoms in total. The van der Waals surface area contributed by atoms with E-state index in [4.69, 9.17) is 5.11 Å². The molecule has 4 heteroatoms. The third-order valence-electron chi connectivity index (χ3n) is 5.29. The van der Waals surface area contributed by atoms with Crippen molar-refractivity contribution in [3.63, 3.8) is 0 Å². The van der Waals surface area contributed by atoms with Gasteiger partial charge in [0.25, 0.3) is 0 Å². The lowest BCUT2D eigenvalue weighted by molar-refractivity contribution is -0.137. The molecule has 0 bridgehead atoms. The van der Waals surface area contributed by atoms with Crippen molar-refractivity contribution in [2.24, 2.45) is 11.8 Å². The quantitative estimate of drug-likeness (QED) is 0.344. The predicted octanol–water partition coefficient (Wildman–Crippen LogP) is 4.89. The predicted molar refractivity (Wildman–Crippen MR) is 100 cm³/mol. The Morgan fingerprint density at radius 2 is 1.80 bits per heavy atom. The van der Waals surface area contributed by atoms with Gasteiger partial charge >= 0.3 is 5.97 Å². The smallest absolute Gasteiger partial charge is 0.303 e. The molecule has 0 amide bonds. The molecule has 25 heavy (non-hydrogen) atoms. The van der Waals surface area contributed by atoms with Crippen LogP contribution in [0.4, 0.5) is 0 Å². The molecule has 1 aliphatic rings. The van der Waals surface area contributed by atoms with Gasteiger partial charge in [-0.15, -0.1) is 0 Å². The lowest BCUT2D eigenvalue weighted by atomic mass is 9.86. The van der Waals surface area contributed by atoms with Gasteiger partial charge in [-0.1, -0.05) is 57.6 Å². The largest absolute Gasteiger partial charge is 0.481 e. The van der Waals surface area contributed by atoms with Gasteiger partial charge in [-0.3, -0.25) is 9.59 Å². The molecule has 0 heterocycles. The van der Waals surface area contributed by atoms with Gasteiger partial charge in [0.1, 0.15) is 5.78 Å². The van der Waals surface area contributed by atoms with Crippen LogP contribution < -0.4 is 0 Å². The third-order valence-corrected chi connectivity index (χ3v) is 5.29. The average Bonchev–Trinajstić information content (AvgIpc) is 2.83. The Hall–Kier alpha value is -1.16. The number of allylic oxidation sites excluding steroid dienone is 2. The summed E-state index contributed by atoms with van der Waals surface area (Å²) in [4.78, 5) is 22.6. The van der Waals surface area contributed by atoms with Gasteiger partial charge in [-0.2, -0.15) is 0 Å². The van der Waals surface area contributed by atoms with Crippen LogP contribution in [0.3, 0.4) is 0 Å². The van der Waals surface area contributed by atoms with Crippen molar-refractivity contribution in [1.82, 2.24) is 0 Å². The molecule has 1 fully saturated rings. The Morgan fingerprint density at radius 1 is 1.08 bits per heavy atom. The summed E-state index contributed by atoms with van der Waals surface area (Å²) in [5.41, 5.74) is 0. The molecule has 2 N–H and O–H groups in total. The summed E-state index contributed by atoms with van der Waals surface area (Å²) < 4.78 is 0. The molecule has 144 valence electrons. The number of carboxylic acid groups (broad SMARTS) is 1. The highest BCUT2D eigenvalue weighted by molar-refractivity contribution is 5.84. The van der Waals surface area contributed by atoms with E-state index in [-0.39, 0.29) is 24.0 Å². The number of ketones is 1.